The first kappa shape index (κ1) is 26.7. The van der Waals surface area contributed by atoms with Crippen LogP contribution in [0.15, 0.2) is 71.6 Å². The maximum atomic E-state index is 12.9. The van der Waals surface area contributed by atoms with E-state index in [2.05, 4.69) is 5.32 Å². The average Bonchev–Trinajstić information content (AvgIpc) is 3.11. The first-order valence-corrected chi connectivity index (χ1v) is 12.4. The van der Waals surface area contributed by atoms with Crippen LogP contribution in [0.2, 0.25) is 5.02 Å². The van der Waals surface area contributed by atoms with Gasteiger partial charge < -0.3 is 10.1 Å². The summed E-state index contributed by atoms with van der Waals surface area (Å²) >= 11 is 12.9. The lowest BCUT2D eigenvalue weighted by atomic mass is 10.2. The number of thioether (sulfide) groups is 1. The van der Waals surface area contributed by atoms with Crippen LogP contribution in [0.1, 0.15) is 16.7 Å². The highest BCUT2D eigenvalue weighted by Crippen LogP contribution is 2.37. The van der Waals surface area contributed by atoms with Gasteiger partial charge in [-0.25, -0.2) is 0 Å². The fraction of sp³-hybridized carbons (Fsp3) is 0.115. The van der Waals surface area contributed by atoms with E-state index in [1.165, 1.54) is 34.9 Å². The highest BCUT2D eigenvalue weighted by atomic mass is 35.5. The summed E-state index contributed by atoms with van der Waals surface area (Å²) in [7, 11) is 0. The van der Waals surface area contributed by atoms with Crippen LogP contribution in [0.3, 0.4) is 0 Å². The summed E-state index contributed by atoms with van der Waals surface area (Å²) < 4.78 is 44.4. The zero-order chi connectivity index (χ0) is 26.7. The first-order chi connectivity index (χ1) is 17.5. The third kappa shape index (κ3) is 6.51. The molecule has 1 aliphatic rings. The molecule has 190 valence electrons. The molecule has 0 spiro atoms. The summed E-state index contributed by atoms with van der Waals surface area (Å²) in [4.78, 5) is 27.0. The summed E-state index contributed by atoms with van der Waals surface area (Å²) in [5.74, 6) is -0.703. The van der Waals surface area contributed by atoms with E-state index in [1.54, 1.807) is 18.2 Å². The molecule has 5 nitrogen and oxygen atoms in total. The molecule has 2 amide bonds. The fourth-order valence-electron chi connectivity index (χ4n) is 3.37. The Balaban J connectivity index is 1.40. The first-order valence-electron chi connectivity index (χ1n) is 10.8. The Morgan fingerprint density at radius 3 is 2.54 bits per heavy atom. The average molecular weight is 563 g/mol. The minimum absolute atomic E-state index is 0.00665. The number of amides is 2. The van der Waals surface area contributed by atoms with Crippen LogP contribution < -0.4 is 15.0 Å². The molecule has 0 saturated carbocycles. The van der Waals surface area contributed by atoms with Crippen molar-refractivity contribution in [1.82, 2.24) is 0 Å². The molecule has 3 aromatic carbocycles. The van der Waals surface area contributed by atoms with Gasteiger partial charge in [0.25, 0.3) is 11.8 Å². The molecule has 1 fully saturated rings. The highest BCUT2D eigenvalue weighted by molar-refractivity contribution is 8.27. The molecule has 3 aromatic rings. The third-order valence-corrected chi connectivity index (χ3v) is 6.77. The maximum Gasteiger partial charge on any atom is 0.416 e. The number of alkyl halides is 3. The molecular formula is C26H18ClF3N2O3S2. The monoisotopic (exact) mass is 562 g/mol. The Bertz CT molecular complexity index is 1410. The van der Waals surface area contributed by atoms with E-state index in [0.717, 1.165) is 17.7 Å². The van der Waals surface area contributed by atoms with Gasteiger partial charge in [0.15, 0.2) is 10.9 Å². The molecule has 0 radical (unpaired) electrons. The molecule has 1 N–H and O–H groups in total. The lowest BCUT2D eigenvalue weighted by Gasteiger charge is -2.14. The van der Waals surface area contributed by atoms with E-state index in [1.807, 2.05) is 31.2 Å². The number of anilines is 2. The van der Waals surface area contributed by atoms with Crippen LogP contribution in [0.25, 0.3) is 6.08 Å². The molecule has 0 aliphatic carbocycles. The van der Waals surface area contributed by atoms with Gasteiger partial charge in [0.1, 0.15) is 5.75 Å². The number of rotatable bonds is 6. The quantitative estimate of drug-likeness (QED) is 0.257. The van der Waals surface area contributed by atoms with Crippen LogP contribution in [0.4, 0.5) is 24.5 Å². The van der Waals surface area contributed by atoms with Gasteiger partial charge in [-0.3, -0.25) is 14.5 Å². The largest absolute Gasteiger partial charge is 0.482 e. The van der Waals surface area contributed by atoms with Crippen molar-refractivity contribution in [3.8, 4) is 5.75 Å². The molecule has 0 atom stereocenters. The van der Waals surface area contributed by atoms with Crippen molar-refractivity contribution in [1.29, 1.82) is 0 Å². The lowest BCUT2D eigenvalue weighted by molar-refractivity contribution is -0.137. The standard InChI is InChI=1S/C26H18ClF3N2O3S2/c1-15-5-8-19(9-6-15)32-24(34)22(37-25(32)36)12-16-7-10-21(20(27)11-16)35-14-23(33)31-18-4-2-3-17(13-18)26(28,29)30/h2-13H,14H2,1H3,(H,31,33)/b22-12-. The molecule has 0 aromatic heterocycles. The van der Waals surface area contributed by atoms with Gasteiger partial charge in [0.05, 0.1) is 21.2 Å². The number of hydrogen-bond donors (Lipinski definition) is 1. The number of carbonyl (C=O) groups excluding carboxylic acids is 2. The molecule has 4 rings (SSSR count). The predicted molar refractivity (Wildman–Crippen MR) is 144 cm³/mol. The molecule has 0 bridgehead atoms. The van der Waals surface area contributed by atoms with Crippen molar-refractivity contribution in [2.24, 2.45) is 0 Å². The van der Waals surface area contributed by atoms with E-state index < -0.39 is 24.3 Å². The number of ether oxygens (including phenoxy) is 1. The van der Waals surface area contributed by atoms with Crippen molar-refractivity contribution >= 4 is 69.2 Å². The van der Waals surface area contributed by atoms with E-state index >= 15 is 0 Å². The van der Waals surface area contributed by atoms with E-state index in [9.17, 15) is 22.8 Å². The van der Waals surface area contributed by atoms with Crippen molar-refractivity contribution in [3.05, 3.63) is 93.3 Å². The van der Waals surface area contributed by atoms with Crippen molar-refractivity contribution in [2.75, 3.05) is 16.8 Å². The maximum absolute atomic E-state index is 12.9. The van der Waals surface area contributed by atoms with Crippen LogP contribution in [0.5, 0.6) is 5.75 Å². The molecule has 11 heteroatoms. The van der Waals surface area contributed by atoms with E-state index in [-0.39, 0.29) is 22.4 Å². The van der Waals surface area contributed by atoms with Crippen LogP contribution in [-0.2, 0) is 15.8 Å². The van der Waals surface area contributed by atoms with Crippen molar-refractivity contribution < 1.29 is 27.5 Å². The van der Waals surface area contributed by atoms with Gasteiger partial charge in [0, 0.05) is 5.69 Å². The van der Waals surface area contributed by atoms with Crippen LogP contribution in [-0.4, -0.2) is 22.7 Å². The summed E-state index contributed by atoms with van der Waals surface area (Å²) in [6, 6.07) is 16.5. The SMILES string of the molecule is Cc1ccc(N2C(=O)/C(=C/c3ccc(OCC(=O)Nc4cccc(C(F)(F)F)c4)c(Cl)c3)SC2=S)cc1. The number of carbonyl (C=O) groups is 2. The summed E-state index contributed by atoms with van der Waals surface area (Å²) in [6.07, 6.45) is -2.86. The summed E-state index contributed by atoms with van der Waals surface area (Å²) in [6.45, 7) is 1.48. The van der Waals surface area contributed by atoms with Crippen molar-refractivity contribution in [3.63, 3.8) is 0 Å². The Morgan fingerprint density at radius 2 is 1.86 bits per heavy atom. The molecular weight excluding hydrogens is 545 g/mol. The number of aryl methyl sites for hydroxylation is 1. The Labute approximate surface area is 225 Å². The van der Waals surface area contributed by atoms with Crippen LogP contribution >= 0.6 is 35.6 Å². The van der Waals surface area contributed by atoms with Gasteiger partial charge >= 0.3 is 6.18 Å². The number of benzene rings is 3. The van der Waals surface area contributed by atoms with Gasteiger partial charge in [-0.05, 0) is 61.0 Å². The second kappa shape index (κ2) is 11.0. The van der Waals surface area contributed by atoms with Gasteiger partial charge in [0.2, 0.25) is 0 Å². The third-order valence-electron chi connectivity index (χ3n) is 5.17. The zero-order valence-electron chi connectivity index (χ0n) is 19.1. The second-order valence-electron chi connectivity index (χ2n) is 7.96. The minimum atomic E-state index is -4.52. The second-order valence-corrected chi connectivity index (χ2v) is 10.0. The van der Waals surface area contributed by atoms with E-state index in [0.29, 0.717) is 20.5 Å². The Kier molecular flexibility index (Phi) is 7.91. The molecule has 0 unspecified atom stereocenters. The lowest BCUT2D eigenvalue weighted by Crippen LogP contribution is -2.27. The van der Waals surface area contributed by atoms with Gasteiger partial charge in [-0.1, -0.05) is 65.4 Å². The zero-order valence-corrected chi connectivity index (χ0v) is 21.5. The number of hydrogen-bond acceptors (Lipinski definition) is 5. The van der Waals surface area contributed by atoms with Crippen molar-refractivity contribution in [2.45, 2.75) is 13.1 Å². The molecule has 1 heterocycles. The normalized spacial score (nSPS) is 14.8. The number of nitrogens with one attached hydrogen (secondary N) is 1. The van der Waals surface area contributed by atoms with E-state index in [4.69, 9.17) is 28.6 Å². The molecule has 1 saturated heterocycles. The smallest absolute Gasteiger partial charge is 0.416 e. The Hall–Kier alpha value is -3.34. The number of halogens is 4. The predicted octanol–water partition coefficient (Wildman–Crippen LogP) is 7.09. The minimum Gasteiger partial charge on any atom is -0.482 e. The number of thiocarbonyl (C=S) groups is 1. The summed E-state index contributed by atoms with van der Waals surface area (Å²) in [5.41, 5.74) is 1.49. The topological polar surface area (TPSA) is 58.6 Å². The number of nitrogens with zero attached hydrogens (tertiary/aromatic N) is 1. The van der Waals surface area contributed by atoms with Gasteiger partial charge in [-0.15, -0.1) is 0 Å². The Morgan fingerprint density at radius 1 is 1.14 bits per heavy atom. The molecule has 1 aliphatic heterocycles. The van der Waals surface area contributed by atoms with Gasteiger partial charge in [-0.2, -0.15) is 13.2 Å². The van der Waals surface area contributed by atoms with Crippen LogP contribution in [0, 0.1) is 6.92 Å². The molecule has 37 heavy (non-hydrogen) atoms. The summed E-state index contributed by atoms with van der Waals surface area (Å²) in [5, 5.41) is 2.55. The highest BCUT2D eigenvalue weighted by Gasteiger charge is 2.33. The fourth-order valence-corrected chi connectivity index (χ4v) is 4.92.